The summed E-state index contributed by atoms with van der Waals surface area (Å²) in [5, 5.41) is 1.50. The first-order valence-corrected chi connectivity index (χ1v) is 12.4. The van der Waals surface area contributed by atoms with Gasteiger partial charge in [-0.2, -0.15) is 0 Å². The summed E-state index contributed by atoms with van der Waals surface area (Å²) in [6, 6.07) is 11.1. The Bertz CT molecular complexity index is 374. The maximum Gasteiger partial charge on any atom is 0.00215 e. The lowest BCUT2D eigenvalue weighted by Gasteiger charge is -2.22. The van der Waals surface area contributed by atoms with E-state index in [0.717, 1.165) is 8.73 Å². The van der Waals surface area contributed by atoms with Crippen LogP contribution in [-0.2, 0) is 0 Å². The minimum absolute atomic E-state index is 0.853. The highest BCUT2D eigenvalue weighted by Gasteiger charge is 2.06. The average molecular weight is 378 g/mol. The molecule has 0 fully saturated rings. The SMILES string of the molecule is CCCCCCCCCN(CCCCCCCCC)Pc1ccccc1. The van der Waals surface area contributed by atoms with Crippen molar-refractivity contribution in [3.8, 4) is 0 Å². The van der Waals surface area contributed by atoms with Gasteiger partial charge in [0.15, 0.2) is 0 Å². The van der Waals surface area contributed by atoms with Gasteiger partial charge in [0.05, 0.1) is 0 Å². The molecule has 1 atom stereocenters. The van der Waals surface area contributed by atoms with E-state index in [9.17, 15) is 0 Å². The smallest absolute Gasteiger partial charge is 0.00215 e. The zero-order chi connectivity index (χ0) is 18.7. The fourth-order valence-electron chi connectivity index (χ4n) is 3.44. The van der Waals surface area contributed by atoms with Gasteiger partial charge in [0, 0.05) is 13.1 Å². The first kappa shape index (κ1) is 23.6. The second-order valence-electron chi connectivity index (χ2n) is 7.71. The quantitative estimate of drug-likeness (QED) is 0.187. The normalized spacial score (nSPS) is 11.8. The molecule has 0 spiro atoms. The van der Waals surface area contributed by atoms with Crippen molar-refractivity contribution in [2.45, 2.75) is 104 Å². The van der Waals surface area contributed by atoms with Gasteiger partial charge in [-0.05, 0) is 26.9 Å². The summed E-state index contributed by atoms with van der Waals surface area (Å²) in [7, 11) is 0.853. The molecule has 2 heteroatoms. The van der Waals surface area contributed by atoms with Crippen LogP contribution in [0.15, 0.2) is 30.3 Å². The first-order chi connectivity index (χ1) is 12.9. The molecule has 0 aliphatic heterocycles. The van der Waals surface area contributed by atoms with Crippen LogP contribution in [0.3, 0.4) is 0 Å². The van der Waals surface area contributed by atoms with Crippen LogP contribution in [-0.4, -0.2) is 17.8 Å². The molecule has 1 aromatic rings. The van der Waals surface area contributed by atoms with Gasteiger partial charge < -0.3 is 0 Å². The molecule has 0 amide bonds. The van der Waals surface area contributed by atoms with Crippen LogP contribution in [0.25, 0.3) is 0 Å². The lowest BCUT2D eigenvalue weighted by atomic mass is 10.1. The van der Waals surface area contributed by atoms with Crippen LogP contribution in [0.5, 0.6) is 0 Å². The third-order valence-electron chi connectivity index (χ3n) is 5.12. The Hall–Kier alpha value is -0.390. The minimum atomic E-state index is 0.853. The lowest BCUT2D eigenvalue weighted by Crippen LogP contribution is -2.20. The summed E-state index contributed by atoms with van der Waals surface area (Å²) in [5.74, 6) is 0. The van der Waals surface area contributed by atoms with Crippen molar-refractivity contribution in [3.63, 3.8) is 0 Å². The van der Waals surface area contributed by atoms with Gasteiger partial charge in [-0.1, -0.05) is 121 Å². The molecule has 0 saturated carbocycles. The van der Waals surface area contributed by atoms with Gasteiger partial charge >= 0.3 is 0 Å². The number of nitrogens with zero attached hydrogens (tertiary/aromatic N) is 1. The van der Waals surface area contributed by atoms with E-state index in [0.29, 0.717) is 0 Å². The molecule has 150 valence electrons. The van der Waals surface area contributed by atoms with E-state index in [1.165, 1.54) is 108 Å². The second-order valence-corrected chi connectivity index (χ2v) is 9.14. The van der Waals surface area contributed by atoms with Crippen molar-refractivity contribution >= 4 is 14.0 Å². The zero-order valence-corrected chi connectivity index (χ0v) is 18.6. The molecule has 0 saturated heterocycles. The maximum atomic E-state index is 2.73. The lowest BCUT2D eigenvalue weighted by molar-refractivity contribution is 0.420. The van der Waals surface area contributed by atoms with Gasteiger partial charge in [0.2, 0.25) is 0 Å². The summed E-state index contributed by atoms with van der Waals surface area (Å²) in [6.45, 7) is 7.17. The molecule has 0 radical (unpaired) electrons. The average Bonchev–Trinajstić information content (AvgIpc) is 2.67. The van der Waals surface area contributed by atoms with Gasteiger partial charge in [-0.25, -0.2) is 0 Å². The largest absolute Gasteiger partial charge is 0.281 e. The molecule has 1 unspecified atom stereocenters. The molecule has 0 bridgehead atoms. The predicted molar refractivity (Wildman–Crippen MR) is 122 cm³/mol. The van der Waals surface area contributed by atoms with E-state index in [1.54, 1.807) is 0 Å². The predicted octanol–water partition coefficient (Wildman–Crippen LogP) is 7.71. The molecule has 26 heavy (non-hydrogen) atoms. The molecule has 0 aromatic heterocycles. The fourth-order valence-corrected chi connectivity index (χ4v) is 4.68. The summed E-state index contributed by atoms with van der Waals surface area (Å²) < 4.78 is 2.73. The van der Waals surface area contributed by atoms with Crippen LogP contribution >= 0.6 is 8.73 Å². The van der Waals surface area contributed by atoms with Crippen LogP contribution in [0.1, 0.15) is 104 Å². The standard InChI is InChI=1S/C24H44NP/c1-3-5-7-9-11-13-18-22-25(26-24-20-16-15-17-21-24)23-19-14-12-10-8-6-4-2/h15-17,20-21,26H,3-14,18-19,22-23H2,1-2H3. The molecule has 0 aliphatic rings. The van der Waals surface area contributed by atoms with Crippen molar-refractivity contribution in [1.82, 2.24) is 4.67 Å². The van der Waals surface area contributed by atoms with E-state index >= 15 is 0 Å². The summed E-state index contributed by atoms with van der Waals surface area (Å²) in [5.41, 5.74) is 0. The van der Waals surface area contributed by atoms with Gasteiger partial charge in [0.25, 0.3) is 0 Å². The molecular weight excluding hydrogens is 333 g/mol. The Labute approximate surface area is 166 Å². The number of rotatable bonds is 18. The van der Waals surface area contributed by atoms with Crippen molar-refractivity contribution < 1.29 is 0 Å². The number of hydrogen-bond acceptors (Lipinski definition) is 1. The fraction of sp³-hybridized carbons (Fsp3) is 0.750. The monoisotopic (exact) mass is 377 g/mol. The third kappa shape index (κ3) is 13.8. The highest BCUT2D eigenvalue weighted by Crippen LogP contribution is 2.20. The van der Waals surface area contributed by atoms with Gasteiger partial charge in [0.1, 0.15) is 0 Å². The Morgan fingerprint density at radius 3 is 1.46 bits per heavy atom. The van der Waals surface area contributed by atoms with E-state index in [2.05, 4.69) is 48.8 Å². The van der Waals surface area contributed by atoms with Crippen molar-refractivity contribution in [3.05, 3.63) is 30.3 Å². The summed E-state index contributed by atoms with van der Waals surface area (Å²) in [6.07, 6.45) is 19.7. The van der Waals surface area contributed by atoms with E-state index in [4.69, 9.17) is 0 Å². The van der Waals surface area contributed by atoms with Crippen molar-refractivity contribution in [2.75, 3.05) is 13.1 Å². The summed E-state index contributed by atoms with van der Waals surface area (Å²) >= 11 is 0. The molecule has 1 aromatic carbocycles. The number of hydrogen-bond donors (Lipinski definition) is 0. The third-order valence-corrected chi connectivity index (χ3v) is 6.48. The van der Waals surface area contributed by atoms with Gasteiger partial charge in [-0.15, -0.1) is 0 Å². The molecule has 1 nitrogen and oxygen atoms in total. The van der Waals surface area contributed by atoms with Crippen molar-refractivity contribution in [2.24, 2.45) is 0 Å². The Morgan fingerprint density at radius 1 is 0.577 bits per heavy atom. The highest BCUT2D eigenvalue weighted by atomic mass is 31.1. The Morgan fingerprint density at radius 2 is 1.00 bits per heavy atom. The minimum Gasteiger partial charge on any atom is -0.281 e. The number of benzene rings is 1. The van der Waals surface area contributed by atoms with E-state index in [1.807, 2.05) is 0 Å². The van der Waals surface area contributed by atoms with Gasteiger partial charge in [-0.3, -0.25) is 4.67 Å². The number of unbranched alkanes of at least 4 members (excludes halogenated alkanes) is 12. The first-order valence-electron chi connectivity index (χ1n) is 11.4. The molecule has 0 N–H and O–H groups in total. The topological polar surface area (TPSA) is 3.24 Å². The maximum absolute atomic E-state index is 2.73. The molecule has 0 heterocycles. The Kier molecular flexibility index (Phi) is 16.4. The van der Waals surface area contributed by atoms with E-state index in [-0.39, 0.29) is 0 Å². The summed E-state index contributed by atoms with van der Waals surface area (Å²) in [4.78, 5) is 0. The van der Waals surface area contributed by atoms with Crippen LogP contribution < -0.4 is 5.30 Å². The van der Waals surface area contributed by atoms with Crippen LogP contribution in [0.4, 0.5) is 0 Å². The molecule has 1 rings (SSSR count). The molecule has 0 aliphatic carbocycles. The Balaban J connectivity index is 2.21. The van der Waals surface area contributed by atoms with E-state index < -0.39 is 0 Å². The van der Waals surface area contributed by atoms with Crippen molar-refractivity contribution in [1.29, 1.82) is 0 Å². The highest BCUT2D eigenvalue weighted by molar-refractivity contribution is 7.44. The van der Waals surface area contributed by atoms with Crippen LogP contribution in [0.2, 0.25) is 0 Å². The second kappa shape index (κ2) is 18.0. The van der Waals surface area contributed by atoms with Crippen LogP contribution in [0, 0.1) is 0 Å². The zero-order valence-electron chi connectivity index (χ0n) is 17.6. The molecular formula is C24H44NP.